The third-order valence-corrected chi connectivity index (χ3v) is 5.47. The Morgan fingerprint density at radius 3 is 2.27 bits per heavy atom. The van der Waals surface area contributed by atoms with Crippen LogP contribution in [0.25, 0.3) is 0 Å². The predicted octanol–water partition coefficient (Wildman–Crippen LogP) is 8.57. The molecule has 170 valence electrons. The molecule has 0 N–H and O–H groups in total. The number of carbonyl (C=O) groups excluding carboxylic acids is 1. The van der Waals surface area contributed by atoms with E-state index in [1.807, 2.05) is 19.9 Å². The zero-order valence-corrected chi connectivity index (χ0v) is 20.2. The largest absolute Gasteiger partial charge is 0.493 e. The Kier molecular flexibility index (Phi) is 14.9. The summed E-state index contributed by atoms with van der Waals surface area (Å²) >= 11 is 0. The normalized spacial score (nSPS) is 14.6. The van der Waals surface area contributed by atoms with Gasteiger partial charge in [0.15, 0.2) is 0 Å². The molecule has 0 aliphatic rings. The monoisotopic (exact) mass is 418 g/mol. The summed E-state index contributed by atoms with van der Waals surface area (Å²) in [5.41, 5.74) is 3.00. The van der Waals surface area contributed by atoms with E-state index in [4.69, 9.17) is 4.74 Å². The Morgan fingerprint density at radius 2 is 1.80 bits per heavy atom. The Morgan fingerprint density at radius 1 is 1.13 bits per heavy atom. The van der Waals surface area contributed by atoms with E-state index in [0.717, 1.165) is 31.3 Å². The molecule has 30 heavy (non-hydrogen) atoms. The summed E-state index contributed by atoms with van der Waals surface area (Å²) in [7, 11) is 0. The van der Waals surface area contributed by atoms with Gasteiger partial charge >= 0.3 is 0 Å². The van der Waals surface area contributed by atoms with Gasteiger partial charge < -0.3 is 4.74 Å². The van der Waals surface area contributed by atoms with Gasteiger partial charge in [-0.3, -0.25) is 4.79 Å². The average molecular weight is 419 g/mol. The fraction of sp³-hybridized carbons (Fsp3) is 0.593. The highest BCUT2D eigenvalue weighted by Crippen LogP contribution is 2.36. The molecular weight excluding hydrogens is 375 g/mol. The summed E-state index contributed by atoms with van der Waals surface area (Å²) < 4.78 is 21.6. The van der Waals surface area contributed by atoms with Crippen molar-refractivity contribution in [2.45, 2.75) is 92.9 Å². The second kappa shape index (κ2) is 15.9. The van der Waals surface area contributed by atoms with Crippen LogP contribution in [0.1, 0.15) is 92.9 Å². The number of ketones is 1. The molecule has 1 unspecified atom stereocenters. The average Bonchev–Trinajstić information content (AvgIpc) is 2.75. The number of Topliss-reactive ketones (excluding diaryl/α,β-unsaturated/α-hetero) is 1. The van der Waals surface area contributed by atoms with E-state index in [1.165, 1.54) is 11.6 Å². The van der Waals surface area contributed by atoms with Crippen LogP contribution in [0.2, 0.25) is 0 Å². The van der Waals surface area contributed by atoms with Crippen molar-refractivity contribution in [1.29, 1.82) is 0 Å². The molecule has 0 saturated carbocycles. The van der Waals surface area contributed by atoms with Crippen LogP contribution in [-0.2, 0) is 9.53 Å². The molecule has 0 saturated heterocycles. The summed E-state index contributed by atoms with van der Waals surface area (Å²) in [5.74, 6) is 0.614. The molecule has 1 atom stereocenters. The molecule has 0 aromatic carbocycles. The number of rotatable bonds is 16. The van der Waals surface area contributed by atoms with Crippen molar-refractivity contribution in [2.75, 3.05) is 6.61 Å². The number of hydrogen-bond donors (Lipinski definition) is 0. The fourth-order valence-electron chi connectivity index (χ4n) is 3.58. The van der Waals surface area contributed by atoms with E-state index in [9.17, 15) is 4.79 Å². The summed E-state index contributed by atoms with van der Waals surface area (Å²) in [6, 6.07) is 0. The minimum Gasteiger partial charge on any atom is -0.493 e. The Balaban J connectivity index is 5.91. The van der Waals surface area contributed by atoms with Gasteiger partial charge in [0.25, 0.3) is 0 Å². The number of halogens is 1. The summed E-state index contributed by atoms with van der Waals surface area (Å²) in [6.45, 7) is 20.7. The van der Waals surface area contributed by atoms with E-state index in [2.05, 4.69) is 40.9 Å². The third kappa shape index (κ3) is 8.85. The molecule has 0 fully saturated rings. The van der Waals surface area contributed by atoms with E-state index in [0.29, 0.717) is 55.1 Å². The maximum absolute atomic E-state index is 15.7. The van der Waals surface area contributed by atoms with Crippen LogP contribution in [0.3, 0.4) is 0 Å². The number of hydrogen-bond acceptors (Lipinski definition) is 2. The van der Waals surface area contributed by atoms with Gasteiger partial charge in [-0.1, -0.05) is 65.8 Å². The van der Waals surface area contributed by atoms with Crippen LogP contribution in [0.5, 0.6) is 0 Å². The first-order valence-electron chi connectivity index (χ1n) is 11.6. The minimum atomic E-state index is -0.369. The summed E-state index contributed by atoms with van der Waals surface area (Å²) in [4.78, 5) is 11.5. The van der Waals surface area contributed by atoms with Gasteiger partial charge in [0.05, 0.1) is 12.2 Å². The molecule has 0 rings (SSSR count). The highest BCUT2D eigenvalue weighted by molar-refractivity contribution is 5.77. The molecule has 0 aromatic rings. The highest BCUT2D eigenvalue weighted by atomic mass is 19.1. The molecule has 0 bridgehead atoms. The molecule has 0 amide bonds. The maximum Gasteiger partial charge on any atom is 0.141 e. The van der Waals surface area contributed by atoms with Crippen molar-refractivity contribution in [3.8, 4) is 0 Å². The zero-order chi connectivity index (χ0) is 23.1. The van der Waals surface area contributed by atoms with Gasteiger partial charge in [0.1, 0.15) is 17.4 Å². The van der Waals surface area contributed by atoms with Gasteiger partial charge in [0.2, 0.25) is 0 Å². The zero-order valence-electron chi connectivity index (χ0n) is 20.2. The fourth-order valence-corrected chi connectivity index (χ4v) is 3.58. The molecule has 0 radical (unpaired) electrons. The highest BCUT2D eigenvalue weighted by Gasteiger charge is 2.22. The van der Waals surface area contributed by atoms with E-state index >= 15 is 4.39 Å². The smallest absolute Gasteiger partial charge is 0.141 e. The number of ether oxygens (including phenoxy) is 1. The molecule has 2 nitrogen and oxygen atoms in total. The first-order chi connectivity index (χ1) is 14.3. The van der Waals surface area contributed by atoms with Crippen molar-refractivity contribution in [2.24, 2.45) is 5.92 Å². The molecular formula is C27H43FO2. The molecule has 0 aliphatic carbocycles. The van der Waals surface area contributed by atoms with Crippen molar-refractivity contribution < 1.29 is 13.9 Å². The van der Waals surface area contributed by atoms with Crippen molar-refractivity contribution in [3.63, 3.8) is 0 Å². The topological polar surface area (TPSA) is 26.3 Å². The van der Waals surface area contributed by atoms with Crippen LogP contribution in [-0.4, -0.2) is 12.4 Å². The van der Waals surface area contributed by atoms with Crippen LogP contribution in [0.4, 0.5) is 4.39 Å². The number of allylic oxidation sites excluding steroid dienone is 6. The molecule has 3 heteroatoms. The van der Waals surface area contributed by atoms with Crippen LogP contribution in [0, 0.1) is 5.92 Å². The first-order valence-corrected chi connectivity index (χ1v) is 11.6. The van der Waals surface area contributed by atoms with Crippen LogP contribution >= 0.6 is 0 Å². The maximum atomic E-state index is 15.7. The van der Waals surface area contributed by atoms with Gasteiger partial charge in [0, 0.05) is 18.4 Å². The standard InChI is InChI=1S/C27H43FO2/c1-9-16-22(12-4)26(20(7)11-3)21(8)27(28)24(14-6)25(17-10-2)30-19-15-18-23(29)13-5/h14,17,22H,6,8-13,15-16,18-19H2,1-5,7H3/b25-17+,26-20-,27-24+. The second-order valence-corrected chi connectivity index (χ2v) is 7.67. The first kappa shape index (κ1) is 28.1. The second-order valence-electron chi connectivity index (χ2n) is 7.67. The van der Waals surface area contributed by atoms with Gasteiger partial charge in [-0.05, 0) is 56.6 Å². The Hall–Kier alpha value is -1.90. The lowest BCUT2D eigenvalue weighted by molar-refractivity contribution is -0.119. The van der Waals surface area contributed by atoms with Crippen molar-refractivity contribution in [3.05, 3.63) is 59.2 Å². The molecule has 0 aliphatic heterocycles. The molecule has 0 heterocycles. The third-order valence-electron chi connectivity index (χ3n) is 5.47. The van der Waals surface area contributed by atoms with Gasteiger partial charge in [-0.2, -0.15) is 0 Å². The predicted molar refractivity (Wildman–Crippen MR) is 128 cm³/mol. The van der Waals surface area contributed by atoms with E-state index in [1.54, 1.807) is 0 Å². The van der Waals surface area contributed by atoms with E-state index in [-0.39, 0.29) is 11.6 Å². The minimum absolute atomic E-state index is 0.213. The molecule has 0 aromatic heterocycles. The van der Waals surface area contributed by atoms with E-state index < -0.39 is 0 Å². The SMILES string of the molecule is C=CC(/C(=C\CC)OCCCC(=O)CC)=C(\F)C(=C)/C(=C(\C)CC)C(CC)CCC. The number of carbonyl (C=O) groups is 1. The lowest BCUT2D eigenvalue weighted by atomic mass is 9.82. The Labute approximate surface area is 184 Å². The lowest BCUT2D eigenvalue weighted by Gasteiger charge is -2.24. The van der Waals surface area contributed by atoms with Gasteiger partial charge in [-0.25, -0.2) is 4.39 Å². The van der Waals surface area contributed by atoms with Gasteiger partial charge in [-0.15, -0.1) is 0 Å². The van der Waals surface area contributed by atoms with Crippen molar-refractivity contribution >= 4 is 5.78 Å². The van der Waals surface area contributed by atoms with Crippen LogP contribution < -0.4 is 0 Å². The molecule has 0 spiro atoms. The lowest BCUT2D eigenvalue weighted by Crippen LogP contribution is -2.10. The summed E-state index contributed by atoms with van der Waals surface area (Å²) in [6.07, 6.45) is 9.61. The van der Waals surface area contributed by atoms with Crippen molar-refractivity contribution in [1.82, 2.24) is 0 Å². The quantitative estimate of drug-likeness (QED) is 0.142. The summed E-state index contributed by atoms with van der Waals surface area (Å²) in [5, 5.41) is 0. The Bertz CT molecular complexity index is 664. The van der Waals surface area contributed by atoms with Crippen LogP contribution in [0.15, 0.2) is 59.2 Å².